The molecule has 6 nitrogen and oxygen atoms in total. The molecule has 2 heterocycles. The lowest BCUT2D eigenvalue weighted by molar-refractivity contribution is -0.131. The van der Waals surface area contributed by atoms with Crippen LogP contribution in [0.15, 0.2) is 53.9 Å². The zero-order valence-corrected chi connectivity index (χ0v) is 22.5. The van der Waals surface area contributed by atoms with Gasteiger partial charge in [0.25, 0.3) is 5.91 Å². The summed E-state index contributed by atoms with van der Waals surface area (Å²) in [7, 11) is 3.49. The van der Waals surface area contributed by atoms with Crippen LogP contribution in [0.25, 0.3) is 0 Å². The van der Waals surface area contributed by atoms with Gasteiger partial charge in [-0.3, -0.25) is 9.59 Å². The molecule has 1 aliphatic rings. The lowest BCUT2D eigenvalue weighted by atomic mass is 9.97. The van der Waals surface area contributed by atoms with Crippen LogP contribution in [0.2, 0.25) is 5.02 Å². The molecule has 1 unspecified atom stereocenters. The topological polar surface area (TPSA) is 62.7 Å². The Morgan fingerprint density at radius 3 is 2.50 bits per heavy atom. The molecule has 2 aromatic carbocycles. The first-order valence-electron chi connectivity index (χ1n) is 12.2. The number of para-hydroxylation sites is 1. The van der Waals surface area contributed by atoms with Gasteiger partial charge in [-0.25, -0.2) is 4.98 Å². The van der Waals surface area contributed by atoms with E-state index in [9.17, 15) is 9.59 Å². The molecule has 0 radical (unpaired) electrons. The van der Waals surface area contributed by atoms with Gasteiger partial charge in [0.1, 0.15) is 11.4 Å². The fraction of sp³-hybridized carbons (Fsp3) is 0.393. The number of benzene rings is 2. The highest BCUT2D eigenvalue weighted by atomic mass is 35.5. The number of carbonyl (C=O) groups excluding carboxylic acids is 2. The number of piperidine rings is 1. The predicted molar refractivity (Wildman–Crippen MR) is 144 cm³/mol. The van der Waals surface area contributed by atoms with Gasteiger partial charge in [0.15, 0.2) is 0 Å². The first-order valence-corrected chi connectivity index (χ1v) is 13.5. The highest BCUT2D eigenvalue weighted by molar-refractivity contribution is 7.09. The van der Waals surface area contributed by atoms with Gasteiger partial charge < -0.3 is 14.5 Å². The quantitative estimate of drug-likeness (QED) is 0.392. The maximum absolute atomic E-state index is 13.1. The summed E-state index contributed by atoms with van der Waals surface area (Å²) in [6.45, 7) is 3.41. The summed E-state index contributed by atoms with van der Waals surface area (Å²) in [4.78, 5) is 34.3. The van der Waals surface area contributed by atoms with E-state index in [0.29, 0.717) is 36.6 Å². The standard InChI is InChI=1S/C28H32ClN3O3S/c1-19(16-22-9-5-7-11-25(22)35-3)31(2)28(34)24-18-36-27(30-24)20-12-14-32(15-13-20)26(33)17-21-8-4-6-10-23(21)29/h4-11,18-20H,12-17H2,1-3H3. The molecular weight excluding hydrogens is 494 g/mol. The number of likely N-dealkylation sites (N-methyl/N-ethyl adjacent to an activating group) is 1. The zero-order chi connectivity index (χ0) is 25.7. The van der Waals surface area contributed by atoms with E-state index in [-0.39, 0.29) is 23.8 Å². The molecule has 0 aliphatic carbocycles. The Hall–Kier alpha value is -2.90. The molecule has 1 atom stereocenters. The number of likely N-dealkylation sites (tertiary alicyclic amines) is 1. The monoisotopic (exact) mass is 525 g/mol. The lowest BCUT2D eigenvalue weighted by Gasteiger charge is -2.31. The molecule has 0 spiro atoms. The van der Waals surface area contributed by atoms with Crippen molar-refractivity contribution in [2.75, 3.05) is 27.2 Å². The van der Waals surface area contributed by atoms with E-state index in [1.807, 2.05) is 72.8 Å². The van der Waals surface area contributed by atoms with Crippen LogP contribution in [0.4, 0.5) is 0 Å². The van der Waals surface area contributed by atoms with Crippen molar-refractivity contribution >= 4 is 34.8 Å². The summed E-state index contributed by atoms with van der Waals surface area (Å²) in [5, 5.41) is 3.46. The van der Waals surface area contributed by atoms with Gasteiger partial charge in [0.2, 0.25) is 5.91 Å². The van der Waals surface area contributed by atoms with Gasteiger partial charge in [0.05, 0.1) is 18.5 Å². The van der Waals surface area contributed by atoms with Crippen molar-refractivity contribution in [3.8, 4) is 5.75 Å². The SMILES string of the molecule is COc1ccccc1CC(C)N(C)C(=O)c1csc(C2CCN(C(=O)Cc3ccccc3Cl)CC2)n1. The Balaban J connectivity index is 1.32. The zero-order valence-electron chi connectivity index (χ0n) is 20.9. The molecule has 1 aliphatic heterocycles. The minimum Gasteiger partial charge on any atom is -0.496 e. The van der Waals surface area contributed by atoms with Gasteiger partial charge in [-0.2, -0.15) is 0 Å². The van der Waals surface area contributed by atoms with Crippen LogP contribution in [-0.4, -0.2) is 59.9 Å². The molecule has 1 fully saturated rings. The van der Waals surface area contributed by atoms with Crippen molar-refractivity contribution in [1.82, 2.24) is 14.8 Å². The number of nitrogens with zero attached hydrogens (tertiary/aromatic N) is 3. The molecule has 3 aromatic rings. The second kappa shape index (κ2) is 11.9. The number of ether oxygens (including phenoxy) is 1. The molecular formula is C28H32ClN3O3S. The average Bonchev–Trinajstić information content (AvgIpc) is 3.40. The molecule has 36 heavy (non-hydrogen) atoms. The number of aromatic nitrogens is 1. The third kappa shape index (κ3) is 6.08. The normalized spacial score (nSPS) is 14.9. The molecule has 1 saturated heterocycles. The van der Waals surface area contributed by atoms with Crippen LogP contribution in [0.5, 0.6) is 5.75 Å². The number of hydrogen-bond acceptors (Lipinski definition) is 5. The van der Waals surface area contributed by atoms with E-state index >= 15 is 0 Å². The van der Waals surface area contributed by atoms with Crippen LogP contribution in [0.3, 0.4) is 0 Å². The summed E-state index contributed by atoms with van der Waals surface area (Å²) >= 11 is 7.76. The second-order valence-electron chi connectivity index (χ2n) is 9.28. The summed E-state index contributed by atoms with van der Waals surface area (Å²) in [5.41, 5.74) is 2.42. The maximum atomic E-state index is 13.1. The van der Waals surface area contributed by atoms with Crippen LogP contribution in [-0.2, 0) is 17.6 Å². The van der Waals surface area contributed by atoms with Crippen molar-refractivity contribution in [1.29, 1.82) is 0 Å². The molecule has 190 valence electrons. The summed E-state index contributed by atoms with van der Waals surface area (Å²) < 4.78 is 5.45. The Morgan fingerprint density at radius 1 is 1.14 bits per heavy atom. The number of thiazole rings is 1. The van der Waals surface area contributed by atoms with Crippen LogP contribution >= 0.6 is 22.9 Å². The number of rotatable bonds is 8. The molecule has 8 heteroatoms. The van der Waals surface area contributed by atoms with Gasteiger partial charge in [-0.15, -0.1) is 11.3 Å². The van der Waals surface area contributed by atoms with Crippen molar-refractivity contribution in [3.63, 3.8) is 0 Å². The van der Waals surface area contributed by atoms with Gasteiger partial charge in [-0.05, 0) is 49.4 Å². The highest BCUT2D eigenvalue weighted by Gasteiger charge is 2.28. The van der Waals surface area contributed by atoms with E-state index < -0.39 is 0 Å². The Labute approximate surface area is 221 Å². The van der Waals surface area contributed by atoms with Crippen LogP contribution in [0, 0.1) is 0 Å². The van der Waals surface area contributed by atoms with Gasteiger partial charge in [0, 0.05) is 42.5 Å². The largest absolute Gasteiger partial charge is 0.496 e. The average molecular weight is 526 g/mol. The van der Waals surface area contributed by atoms with Crippen LogP contribution in [0.1, 0.15) is 52.3 Å². The minimum atomic E-state index is -0.0766. The number of carbonyl (C=O) groups is 2. The first kappa shape index (κ1) is 26.2. The third-order valence-corrected chi connectivity index (χ3v) is 8.30. The van der Waals surface area contributed by atoms with E-state index in [0.717, 1.165) is 34.7 Å². The molecule has 4 rings (SSSR count). The molecule has 0 saturated carbocycles. The van der Waals surface area contributed by atoms with Crippen molar-refractivity contribution in [3.05, 3.63) is 80.8 Å². The number of methoxy groups -OCH3 is 1. The lowest BCUT2D eigenvalue weighted by Crippen LogP contribution is -2.39. The smallest absolute Gasteiger partial charge is 0.273 e. The summed E-state index contributed by atoms with van der Waals surface area (Å²) in [6.07, 6.45) is 2.70. The van der Waals surface area contributed by atoms with E-state index in [2.05, 4.69) is 0 Å². The van der Waals surface area contributed by atoms with E-state index in [4.69, 9.17) is 21.3 Å². The van der Waals surface area contributed by atoms with Gasteiger partial charge in [-0.1, -0.05) is 48.0 Å². The van der Waals surface area contributed by atoms with E-state index in [1.54, 1.807) is 12.0 Å². The first-order chi connectivity index (χ1) is 17.4. The Bertz CT molecular complexity index is 1210. The second-order valence-corrected chi connectivity index (χ2v) is 10.6. The summed E-state index contributed by atoms with van der Waals surface area (Å²) in [6, 6.07) is 15.4. The van der Waals surface area contributed by atoms with Gasteiger partial charge >= 0.3 is 0 Å². The maximum Gasteiger partial charge on any atom is 0.273 e. The Morgan fingerprint density at radius 2 is 1.81 bits per heavy atom. The summed E-state index contributed by atoms with van der Waals surface area (Å²) in [5.74, 6) is 1.12. The molecule has 0 bridgehead atoms. The highest BCUT2D eigenvalue weighted by Crippen LogP contribution is 2.31. The fourth-order valence-electron chi connectivity index (χ4n) is 4.57. The molecule has 1 aromatic heterocycles. The number of halogens is 1. The fourth-order valence-corrected chi connectivity index (χ4v) is 5.74. The predicted octanol–water partition coefficient (Wildman–Crippen LogP) is 5.46. The van der Waals surface area contributed by atoms with Crippen LogP contribution < -0.4 is 4.74 Å². The number of hydrogen-bond donors (Lipinski definition) is 0. The molecule has 0 N–H and O–H groups in total. The Kier molecular flexibility index (Phi) is 8.64. The van der Waals surface area contributed by atoms with Crippen molar-refractivity contribution < 1.29 is 14.3 Å². The van der Waals surface area contributed by atoms with Crippen molar-refractivity contribution in [2.24, 2.45) is 0 Å². The minimum absolute atomic E-state index is 0.00804. The number of amides is 2. The molecule has 2 amide bonds. The third-order valence-electron chi connectivity index (χ3n) is 6.93. The van der Waals surface area contributed by atoms with Crippen molar-refractivity contribution in [2.45, 2.75) is 44.6 Å². The van der Waals surface area contributed by atoms with E-state index in [1.165, 1.54) is 11.3 Å².